The van der Waals surface area contributed by atoms with Crippen LogP contribution in [0.15, 0.2) is 17.6 Å². The lowest BCUT2D eigenvalue weighted by Gasteiger charge is -2.27. The Hall–Kier alpha value is -1.54. The van der Waals surface area contributed by atoms with Gasteiger partial charge in [-0.25, -0.2) is 0 Å². The summed E-state index contributed by atoms with van der Waals surface area (Å²) >= 11 is 7.45. The molecule has 1 amide bonds. The van der Waals surface area contributed by atoms with E-state index in [4.69, 9.17) is 11.6 Å². The monoisotopic (exact) mass is 368 g/mol. The largest absolute Gasteiger partial charge is 0.332 e. The van der Waals surface area contributed by atoms with Crippen molar-refractivity contribution in [3.8, 4) is 0 Å². The number of aromatic nitrogens is 5. The van der Waals surface area contributed by atoms with Gasteiger partial charge in [-0.05, 0) is 19.1 Å². The lowest BCUT2D eigenvalue weighted by Crippen LogP contribution is -2.37. The second-order valence-electron chi connectivity index (χ2n) is 6.08. The third kappa shape index (κ3) is 3.30. The minimum atomic E-state index is -0.171. The highest BCUT2D eigenvalue weighted by atomic mass is 35.5. The number of nitrogens with zero attached hydrogens (tertiary/aromatic N) is 6. The molecule has 3 heterocycles. The number of hydrogen-bond donors (Lipinski definition) is 0. The number of hydrogen-bond acceptors (Lipinski definition) is 5. The lowest BCUT2D eigenvalue weighted by molar-refractivity contribution is -0.136. The summed E-state index contributed by atoms with van der Waals surface area (Å²) in [5.74, 6) is 0.812. The molecule has 0 aromatic carbocycles. The van der Waals surface area contributed by atoms with Crippen molar-refractivity contribution < 1.29 is 4.79 Å². The average molecular weight is 369 g/mol. The van der Waals surface area contributed by atoms with Crippen molar-refractivity contribution in [1.29, 1.82) is 0 Å². The van der Waals surface area contributed by atoms with Crippen LogP contribution in [0.3, 0.4) is 0 Å². The number of amides is 1. The van der Waals surface area contributed by atoms with E-state index in [1.54, 1.807) is 28.8 Å². The molecular formula is C15H21ClN6OS. The maximum atomic E-state index is 12.9. The first-order valence-electron chi connectivity index (χ1n) is 7.93. The molecule has 0 aliphatic carbocycles. The molecule has 1 aliphatic heterocycles. The summed E-state index contributed by atoms with van der Waals surface area (Å²) in [6, 6.07) is -0.000408. The standard InChI is InChI=1S/C15H21ClN6OS/c1-10(8-21-9-11(16)7-17-21)14(23)22-6-4-5-12(22)13-18-19-15(24-3)20(13)2/h7,9-10,12H,4-6,8H2,1-3H3/t10-,12-/m0/s1. The van der Waals surface area contributed by atoms with Crippen molar-refractivity contribution in [2.75, 3.05) is 12.8 Å². The van der Waals surface area contributed by atoms with Gasteiger partial charge in [0.1, 0.15) is 0 Å². The third-order valence-electron chi connectivity index (χ3n) is 4.37. The van der Waals surface area contributed by atoms with Crippen molar-refractivity contribution in [2.45, 2.75) is 37.5 Å². The molecule has 1 saturated heterocycles. The lowest BCUT2D eigenvalue weighted by atomic mass is 10.1. The van der Waals surface area contributed by atoms with Gasteiger partial charge < -0.3 is 9.47 Å². The summed E-state index contributed by atoms with van der Waals surface area (Å²) < 4.78 is 3.70. The number of carbonyl (C=O) groups excluding carboxylic acids is 1. The predicted octanol–water partition coefficient (Wildman–Crippen LogP) is 2.39. The van der Waals surface area contributed by atoms with Crippen LogP contribution in [0.1, 0.15) is 31.6 Å². The Kier molecular flexibility index (Phi) is 5.15. The van der Waals surface area contributed by atoms with Crippen molar-refractivity contribution >= 4 is 29.3 Å². The summed E-state index contributed by atoms with van der Waals surface area (Å²) in [5.41, 5.74) is 0. The Labute approximate surface area is 150 Å². The first-order chi connectivity index (χ1) is 11.5. The van der Waals surface area contributed by atoms with Gasteiger partial charge in [-0.3, -0.25) is 9.48 Å². The summed E-state index contributed by atoms with van der Waals surface area (Å²) in [4.78, 5) is 14.9. The SMILES string of the molecule is CSc1nnc([C@@H]2CCCN2C(=O)[C@@H](C)Cn2cc(Cl)cn2)n1C. The van der Waals surface area contributed by atoms with Crippen molar-refractivity contribution in [3.63, 3.8) is 0 Å². The van der Waals surface area contributed by atoms with Crippen LogP contribution in [0.4, 0.5) is 0 Å². The molecule has 0 bridgehead atoms. The van der Waals surface area contributed by atoms with Crippen LogP contribution in [0, 0.1) is 5.92 Å². The molecule has 0 radical (unpaired) electrons. The highest BCUT2D eigenvalue weighted by molar-refractivity contribution is 7.98. The molecule has 2 aromatic rings. The Morgan fingerprint density at radius 2 is 2.29 bits per heavy atom. The van der Waals surface area contributed by atoms with Crippen molar-refractivity contribution in [1.82, 2.24) is 29.4 Å². The molecule has 2 aromatic heterocycles. The molecule has 24 heavy (non-hydrogen) atoms. The first-order valence-corrected chi connectivity index (χ1v) is 9.53. The van der Waals surface area contributed by atoms with E-state index in [2.05, 4.69) is 15.3 Å². The maximum Gasteiger partial charge on any atom is 0.227 e. The van der Waals surface area contributed by atoms with Crippen LogP contribution in [0.2, 0.25) is 5.02 Å². The molecule has 2 atom stereocenters. The van der Waals surface area contributed by atoms with Gasteiger partial charge in [-0.1, -0.05) is 30.3 Å². The van der Waals surface area contributed by atoms with Gasteiger partial charge in [0.15, 0.2) is 11.0 Å². The molecule has 130 valence electrons. The second-order valence-corrected chi connectivity index (χ2v) is 7.29. The molecule has 7 nitrogen and oxygen atoms in total. The molecule has 0 saturated carbocycles. The van der Waals surface area contributed by atoms with Gasteiger partial charge >= 0.3 is 0 Å². The number of carbonyl (C=O) groups is 1. The van der Waals surface area contributed by atoms with E-state index in [0.717, 1.165) is 30.4 Å². The molecule has 1 fully saturated rings. The van der Waals surface area contributed by atoms with Gasteiger partial charge in [0.05, 0.1) is 29.7 Å². The fraction of sp³-hybridized carbons (Fsp3) is 0.600. The van der Waals surface area contributed by atoms with Gasteiger partial charge in [-0.15, -0.1) is 10.2 Å². The molecule has 3 rings (SSSR count). The number of rotatable bonds is 5. The zero-order valence-corrected chi connectivity index (χ0v) is 15.6. The van der Waals surface area contributed by atoms with Crippen LogP contribution in [-0.2, 0) is 18.4 Å². The predicted molar refractivity (Wildman–Crippen MR) is 92.9 cm³/mol. The topological polar surface area (TPSA) is 68.8 Å². The Morgan fingerprint density at radius 1 is 1.50 bits per heavy atom. The summed E-state index contributed by atoms with van der Waals surface area (Å²) in [5, 5.41) is 14.1. The number of thioether (sulfide) groups is 1. The summed E-state index contributed by atoms with van der Waals surface area (Å²) in [6.07, 6.45) is 7.20. The van der Waals surface area contributed by atoms with Crippen LogP contribution >= 0.6 is 23.4 Å². The van der Waals surface area contributed by atoms with Gasteiger partial charge in [0.25, 0.3) is 0 Å². The zero-order valence-electron chi connectivity index (χ0n) is 14.0. The minimum absolute atomic E-state index is 0.000408. The molecular weight excluding hydrogens is 348 g/mol. The third-order valence-corrected chi connectivity index (χ3v) is 5.29. The van der Waals surface area contributed by atoms with Crippen LogP contribution < -0.4 is 0 Å². The second kappa shape index (κ2) is 7.14. The van der Waals surface area contributed by atoms with Crippen LogP contribution in [-0.4, -0.2) is 48.2 Å². The van der Waals surface area contributed by atoms with Crippen molar-refractivity contribution in [3.05, 3.63) is 23.2 Å². The van der Waals surface area contributed by atoms with Gasteiger partial charge in [0.2, 0.25) is 5.91 Å². The smallest absolute Gasteiger partial charge is 0.227 e. The highest BCUT2D eigenvalue weighted by Gasteiger charge is 2.35. The first kappa shape index (κ1) is 17.3. The normalized spacial score (nSPS) is 19.0. The minimum Gasteiger partial charge on any atom is -0.332 e. The fourth-order valence-corrected chi connectivity index (χ4v) is 3.82. The van der Waals surface area contributed by atoms with Gasteiger partial charge in [0, 0.05) is 19.8 Å². The quantitative estimate of drug-likeness (QED) is 0.758. The van der Waals surface area contributed by atoms with E-state index in [9.17, 15) is 4.79 Å². The fourth-order valence-electron chi connectivity index (χ4n) is 3.17. The molecule has 9 heteroatoms. The number of likely N-dealkylation sites (tertiary alicyclic amines) is 1. The van der Waals surface area contributed by atoms with E-state index in [1.807, 2.05) is 29.7 Å². The molecule has 0 unspecified atom stereocenters. The molecule has 0 spiro atoms. The average Bonchev–Trinajstić information content (AvgIpc) is 3.26. The highest BCUT2D eigenvalue weighted by Crippen LogP contribution is 2.33. The van der Waals surface area contributed by atoms with E-state index >= 15 is 0 Å². The zero-order chi connectivity index (χ0) is 17.3. The van der Waals surface area contributed by atoms with E-state index in [1.165, 1.54) is 0 Å². The Bertz CT molecular complexity index is 729. The van der Waals surface area contributed by atoms with Gasteiger partial charge in [-0.2, -0.15) is 5.10 Å². The van der Waals surface area contributed by atoms with Crippen molar-refractivity contribution in [2.24, 2.45) is 13.0 Å². The van der Waals surface area contributed by atoms with Crippen LogP contribution in [0.5, 0.6) is 0 Å². The molecule has 1 aliphatic rings. The van der Waals surface area contributed by atoms with E-state index in [0.29, 0.717) is 11.6 Å². The van der Waals surface area contributed by atoms with Crippen LogP contribution in [0.25, 0.3) is 0 Å². The van der Waals surface area contributed by atoms with E-state index in [-0.39, 0.29) is 17.9 Å². The Morgan fingerprint density at radius 3 is 2.92 bits per heavy atom. The molecule has 0 N–H and O–H groups in total. The summed E-state index contributed by atoms with van der Waals surface area (Å²) in [6.45, 7) is 3.20. The maximum absolute atomic E-state index is 12.9. The van der Waals surface area contributed by atoms with E-state index < -0.39 is 0 Å². The number of halogens is 1. The Balaban J connectivity index is 1.74. The summed E-state index contributed by atoms with van der Waals surface area (Å²) in [7, 11) is 1.96.